The van der Waals surface area contributed by atoms with Gasteiger partial charge in [-0.15, -0.1) is 0 Å². The Morgan fingerprint density at radius 3 is 2.83 bits per heavy atom. The summed E-state index contributed by atoms with van der Waals surface area (Å²) in [6.07, 6.45) is -3.10. The maximum Gasteiger partial charge on any atom is 0.418 e. The number of hydrogen-bond acceptors (Lipinski definition) is 7. The Kier molecular flexibility index (Phi) is 5.80. The van der Waals surface area contributed by atoms with Crippen molar-refractivity contribution < 1.29 is 32.5 Å². The molecule has 4 N–H and O–H groups in total. The van der Waals surface area contributed by atoms with E-state index in [1.165, 1.54) is 0 Å². The molecule has 1 amide bonds. The number of nitrogens with two attached hydrogens (primary N) is 1. The van der Waals surface area contributed by atoms with Gasteiger partial charge in [0.25, 0.3) is 12.3 Å². The molecule has 0 aliphatic carbocycles. The molecule has 2 heterocycles. The molecule has 0 fully saturated rings. The molecule has 12 heteroatoms. The van der Waals surface area contributed by atoms with Crippen molar-refractivity contribution in [3.8, 4) is 11.6 Å². The van der Waals surface area contributed by atoms with Crippen LogP contribution in [0, 0.1) is 5.82 Å². The van der Waals surface area contributed by atoms with Gasteiger partial charge in [-0.3, -0.25) is 10.3 Å². The number of rotatable bonds is 4. The maximum absolute atomic E-state index is 14.4. The molecular formula is C17H14ClF3N4O4. The number of carbonyl (C=O) groups is 1. The molecule has 154 valence electrons. The minimum absolute atomic E-state index is 0.0702. The van der Waals surface area contributed by atoms with Crippen LogP contribution in [0.25, 0.3) is 0 Å². The average Bonchev–Trinajstić information content (AvgIpc) is 2.65. The molecule has 3 rings (SSSR count). The lowest BCUT2D eigenvalue weighted by Gasteiger charge is -2.33. The monoisotopic (exact) mass is 430 g/mol. The first-order valence-corrected chi connectivity index (χ1v) is 8.42. The smallest absolute Gasteiger partial charge is 0.418 e. The van der Waals surface area contributed by atoms with Crippen LogP contribution in [0.5, 0.6) is 11.6 Å². The number of aliphatic imine (C=N–C) groups is 1. The summed E-state index contributed by atoms with van der Waals surface area (Å²) < 4.78 is 51.8. The van der Waals surface area contributed by atoms with Gasteiger partial charge < -0.3 is 20.3 Å². The lowest BCUT2D eigenvalue weighted by atomic mass is 9.90. The minimum atomic E-state index is -3.13. The minimum Gasteiger partial charge on any atom is -0.503 e. The summed E-state index contributed by atoms with van der Waals surface area (Å²) in [5.41, 5.74) is 2.56. The number of amidine groups is 1. The number of hydrogen-bond donors (Lipinski definition) is 3. The lowest BCUT2D eigenvalue weighted by Crippen LogP contribution is -2.45. The number of pyridine rings is 1. The first kappa shape index (κ1) is 20.7. The zero-order chi connectivity index (χ0) is 21.2. The molecule has 8 nitrogen and oxygen atoms in total. The molecule has 1 aliphatic rings. The van der Waals surface area contributed by atoms with Crippen molar-refractivity contribution in [2.45, 2.75) is 12.0 Å². The van der Waals surface area contributed by atoms with E-state index in [1.807, 2.05) is 0 Å². The summed E-state index contributed by atoms with van der Waals surface area (Å²) in [5, 5.41) is 12.0. The quantitative estimate of drug-likeness (QED) is 0.686. The summed E-state index contributed by atoms with van der Waals surface area (Å²) >= 11 is 5.63. The fourth-order valence-electron chi connectivity index (χ4n) is 2.66. The van der Waals surface area contributed by atoms with Gasteiger partial charge in [-0.05, 0) is 18.2 Å². The number of amides is 1. The average molecular weight is 431 g/mol. The second kappa shape index (κ2) is 8.13. The van der Waals surface area contributed by atoms with Crippen LogP contribution in [-0.2, 0) is 10.3 Å². The fourth-order valence-corrected chi connectivity index (χ4v) is 2.81. The van der Waals surface area contributed by atoms with Crippen molar-refractivity contribution in [2.24, 2.45) is 10.7 Å². The molecule has 0 bridgehead atoms. The predicted octanol–water partition coefficient (Wildman–Crippen LogP) is 3.04. The van der Waals surface area contributed by atoms with Crippen LogP contribution in [0.1, 0.15) is 5.56 Å². The van der Waals surface area contributed by atoms with Crippen molar-refractivity contribution in [1.29, 1.82) is 0 Å². The highest BCUT2D eigenvalue weighted by Gasteiger charge is 2.46. The number of nitrogens with one attached hydrogen (secondary N) is 1. The number of nitrogens with zero attached hydrogens (tertiary/aromatic N) is 2. The van der Waals surface area contributed by atoms with E-state index in [4.69, 9.17) is 26.8 Å². The number of carbonyl (C=O) groups excluding carboxylic acids is 1. The Balaban J connectivity index is 1.87. The fraction of sp³-hybridized carbons (Fsp3) is 0.235. The van der Waals surface area contributed by atoms with Crippen LogP contribution in [0.15, 0.2) is 35.5 Å². The van der Waals surface area contributed by atoms with Gasteiger partial charge in [-0.25, -0.2) is 22.9 Å². The molecule has 0 radical (unpaired) electrons. The Hall–Kier alpha value is -3.05. The number of aromatic hydroxyl groups is 1. The Labute approximate surface area is 167 Å². The third kappa shape index (κ3) is 4.35. The van der Waals surface area contributed by atoms with E-state index < -0.39 is 47.7 Å². The van der Waals surface area contributed by atoms with Gasteiger partial charge in [0.1, 0.15) is 18.3 Å². The van der Waals surface area contributed by atoms with Crippen molar-refractivity contribution in [1.82, 2.24) is 4.98 Å². The number of alkyl halides is 2. The third-order valence-electron chi connectivity index (χ3n) is 3.94. The van der Waals surface area contributed by atoms with E-state index >= 15 is 0 Å². The topological polar surface area (TPSA) is 119 Å². The van der Waals surface area contributed by atoms with E-state index in [0.29, 0.717) is 0 Å². The SMILES string of the molecule is NC1=N[C@@](c2cc(NC(=O)Oc3ncc(Cl)cc3O)ccc2F)(C(F)F)COC1. The first-order chi connectivity index (χ1) is 13.7. The van der Waals surface area contributed by atoms with Crippen molar-refractivity contribution in [3.63, 3.8) is 0 Å². The van der Waals surface area contributed by atoms with Gasteiger partial charge >= 0.3 is 6.09 Å². The molecule has 0 spiro atoms. The van der Waals surface area contributed by atoms with Gasteiger partial charge in [0.15, 0.2) is 11.3 Å². The standard InChI is InChI=1S/C17H14ClF3N4O4/c18-8-3-12(26)14(23-5-8)29-16(27)24-9-1-2-11(19)10(4-9)17(15(20)21)7-28-6-13(22)25-17/h1-5,15,26H,6-7H2,(H2,22,25)(H,24,27)/t17-/m0/s1. The zero-order valence-corrected chi connectivity index (χ0v) is 15.3. The van der Waals surface area contributed by atoms with Gasteiger partial charge in [0.2, 0.25) is 0 Å². The van der Waals surface area contributed by atoms with Gasteiger partial charge in [-0.1, -0.05) is 11.6 Å². The molecule has 1 aromatic heterocycles. The summed E-state index contributed by atoms with van der Waals surface area (Å²) in [5.74, 6) is -2.12. The Morgan fingerprint density at radius 2 is 2.17 bits per heavy atom. The highest BCUT2D eigenvalue weighted by molar-refractivity contribution is 6.30. The van der Waals surface area contributed by atoms with Crippen LogP contribution in [0.2, 0.25) is 5.02 Å². The van der Waals surface area contributed by atoms with Gasteiger partial charge in [-0.2, -0.15) is 0 Å². The second-order valence-corrected chi connectivity index (χ2v) is 6.44. The first-order valence-electron chi connectivity index (χ1n) is 8.05. The van der Waals surface area contributed by atoms with Crippen LogP contribution in [0.3, 0.4) is 0 Å². The number of benzene rings is 1. The number of anilines is 1. The molecule has 0 saturated carbocycles. The zero-order valence-electron chi connectivity index (χ0n) is 14.5. The third-order valence-corrected chi connectivity index (χ3v) is 4.15. The summed E-state index contributed by atoms with van der Waals surface area (Å²) in [4.78, 5) is 19.4. The van der Waals surface area contributed by atoms with Crippen LogP contribution < -0.4 is 15.8 Å². The lowest BCUT2D eigenvalue weighted by molar-refractivity contribution is -0.0145. The highest BCUT2D eigenvalue weighted by Crippen LogP contribution is 2.38. The molecule has 29 heavy (non-hydrogen) atoms. The largest absolute Gasteiger partial charge is 0.503 e. The Morgan fingerprint density at radius 1 is 1.41 bits per heavy atom. The molecule has 0 unspecified atom stereocenters. The number of aromatic nitrogens is 1. The summed E-state index contributed by atoms with van der Waals surface area (Å²) in [6, 6.07) is 4.09. The predicted molar refractivity (Wildman–Crippen MR) is 97.1 cm³/mol. The van der Waals surface area contributed by atoms with E-state index in [-0.39, 0.29) is 23.2 Å². The van der Waals surface area contributed by atoms with Crippen LogP contribution >= 0.6 is 11.6 Å². The van der Waals surface area contributed by atoms with Crippen molar-refractivity contribution >= 4 is 29.2 Å². The number of ether oxygens (including phenoxy) is 2. The van der Waals surface area contributed by atoms with E-state index in [1.54, 1.807) is 0 Å². The molecule has 1 aromatic carbocycles. The van der Waals surface area contributed by atoms with Crippen LogP contribution in [-0.4, -0.2) is 41.7 Å². The van der Waals surface area contributed by atoms with E-state index in [9.17, 15) is 23.1 Å². The Bertz CT molecular complexity index is 976. The van der Waals surface area contributed by atoms with Crippen molar-refractivity contribution in [3.05, 3.63) is 46.9 Å². The molecule has 1 atom stereocenters. The molecule has 0 saturated heterocycles. The molecular weight excluding hydrogens is 417 g/mol. The van der Waals surface area contributed by atoms with Crippen LogP contribution in [0.4, 0.5) is 23.7 Å². The van der Waals surface area contributed by atoms with E-state index in [2.05, 4.69) is 15.3 Å². The summed E-state index contributed by atoms with van der Waals surface area (Å²) in [6.45, 7) is -0.753. The molecule has 1 aliphatic heterocycles. The van der Waals surface area contributed by atoms with Gasteiger partial charge in [0.05, 0.1) is 11.6 Å². The van der Waals surface area contributed by atoms with E-state index in [0.717, 1.165) is 30.5 Å². The van der Waals surface area contributed by atoms with Crippen molar-refractivity contribution in [2.75, 3.05) is 18.5 Å². The second-order valence-electron chi connectivity index (χ2n) is 6.01. The summed E-state index contributed by atoms with van der Waals surface area (Å²) in [7, 11) is 0. The molecule has 2 aromatic rings. The normalized spacial score (nSPS) is 19.0. The number of halogens is 4. The maximum atomic E-state index is 14.4. The van der Waals surface area contributed by atoms with Gasteiger partial charge in [0, 0.05) is 23.5 Å². The highest BCUT2D eigenvalue weighted by atomic mass is 35.5.